The average molecular weight is 472 g/mol. The van der Waals surface area contributed by atoms with Crippen LogP contribution in [0.15, 0.2) is 88.3 Å². The fourth-order valence-corrected chi connectivity index (χ4v) is 5.41. The van der Waals surface area contributed by atoms with E-state index >= 15 is 0 Å². The highest BCUT2D eigenvalue weighted by atomic mass is 32.2. The highest BCUT2D eigenvalue weighted by Gasteiger charge is 2.13. The molecule has 1 N–H and O–H groups in total. The van der Waals surface area contributed by atoms with Gasteiger partial charge in [0.15, 0.2) is 0 Å². The van der Waals surface area contributed by atoms with E-state index < -0.39 is 0 Å². The van der Waals surface area contributed by atoms with Crippen LogP contribution in [0.2, 0.25) is 0 Å². The summed E-state index contributed by atoms with van der Waals surface area (Å²) < 4.78 is 6.48. The number of para-hydroxylation sites is 1. The van der Waals surface area contributed by atoms with E-state index in [4.69, 9.17) is 9.51 Å². The molecule has 2 heterocycles. The maximum absolute atomic E-state index is 13.0. The molecule has 0 unspecified atom stereocenters. The van der Waals surface area contributed by atoms with Gasteiger partial charge in [-0.1, -0.05) is 41.6 Å². The number of carbonyl (C=O) groups excluding carboxylic acids is 1. The average Bonchev–Trinajstić information content (AvgIpc) is 3.44. The summed E-state index contributed by atoms with van der Waals surface area (Å²) in [4.78, 5) is 18.6. The lowest BCUT2D eigenvalue weighted by Gasteiger charge is -2.10. The van der Waals surface area contributed by atoms with Gasteiger partial charge in [0.1, 0.15) is 5.76 Å². The first kappa shape index (κ1) is 21.4. The molecule has 0 saturated heterocycles. The molecule has 0 bridgehead atoms. The van der Waals surface area contributed by atoms with E-state index in [0.29, 0.717) is 11.3 Å². The SMILES string of the molecule is Cc1cc(CSc2ccccc2C(=O)Nc2ccc(Cc3nc4ccccc4s3)cc2)on1. The van der Waals surface area contributed by atoms with Gasteiger partial charge in [-0.2, -0.15) is 0 Å². The van der Waals surface area contributed by atoms with Crippen molar-refractivity contribution in [2.75, 3.05) is 5.32 Å². The fourth-order valence-electron chi connectivity index (χ4n) is 3.49. The van der Waals surface area contributed by atoms with Crippen LogP contribution in [0, 0.1) is 6.92 Å². The summed E-state index contributed by atoms with van der Waals surface area (Å²) in [7, 11) is 0. The molecule has 0 fully saturated rings. The van der Waals surface area contributed by atoms with Gasteiger partial charge in [0.05, 0.1) is 32.2 Å². The third kappa shape index (κ3) is 5.16. The third-order valence-electron chi connectivity index (χ3n) is 5.08. The standard InChI is InChI=1S/C26H21N3O2S2/c1-17-14-20(31-29-17)16-32-23-8-4-2-6-21(23)26(30)27-19-12-10-18(11-13-19)15-25-28-22-7-3-5-9-24(22)33-25/h2-14H,15-16H2,1H3,(H,27,30). The molecule has 0 atom stereocenters. The number of nitrogens with zero attached hydrogens (tertiary/aromatic N) is 2. The fraction of sp³-hybridized carbons (Fsp3) is 0.115. The zero-order valence-corrected chi connectivity index (χ0v) is 19.6. The number of carbonyl (C=O) groups is 1. The predicted octanol–water partition coefficient (Wildman–Crippen LogP) is 6.73. The smallest absolute Gasteiger partial charge is 0.256 e. The van der Waals surface area contributed by atoms with Gasteiger partial charge in [-0.15, -0.1) is 23.1 Å². The van der Waals surface area contributed by atoms with Crippen LogP contribution >= 0.6 is 23.1 Å². The topological polar surface area (TPSA) is 68.0 Å². The molecule has 3 aromatic carbocycles. The van der Waals surface area contributed by atoms with Crippen LogP contribution in [0.5, 0.6) is 0 Å². The number of fused-ring (bicyclic) bond motifs is 1. The van der Waals surface area contributed by atoms with Crippen molar-refractivity contribution in [3.63, 3.8) is 0 Å². The number of nitrogens with one attached hydrogen (secondary N) is 1. The monoisotopic (exact) mass is 471 g/mol. The molecular formula is C26H21N3O2S2. The molecule has 0 radical (unpaired) electrons. The minimum Gasteiger partial charge on any atom is -0.360 e. The molecule has 0 aliphatic rings. The van der Waals surface area contributed by atoms with Crippen molar-refractivity contribution in [2.45, 2.75) is 24.0 Å². The van der Waals surface area contributed by atoms with Gasteiger partial charge in [-0.05, 0) is 48.9 Å². The lowest BCUT2D eigenvalue weighted by atomic mass is 10.1. The number of anilines is 1. The molecular weight excluding hydrogens is 450 g/mol. The number of hydrogen-bond donors (Lipinski definition) is 1. The second-order valence-corrected chi connectivity index (χ2v) is 9.75. The number of rotatable bonds is 7. The van der Waals surface area contributed by atoms with Gasteiger partial charge >= 0.3 is 0 Å². The summed E-state index contributed by atoms with van der Waals surface area (Å²) in [5.41, 5.74) is 4.45. The van der Waals surface area contributed by atoms with E-state index in [1.165, 1.54) is 4.70 Å². The van der Waals surface area contributed by atoms with Crippen LogP contribution in [0.3, 0.4) is 0 Å². The number of thiazole rings is 1. The van der Waals surface area contributed by atoms with E-state index in [1.807, 2.05) is 79.7 Å². The molecule has 7 heteroatoms. The minimum absolute atomic E-state index is 0.134. The zero-order valence-electron chi connectivity index (χ0n) is 17.9. The van der Waals surface area contributed by atoms with Crippen molar-refractivity contribution < 1.29 is 9.32 Å². The Bertz CT molecular complexity index is 1370. The number of thioether (sulfide) groups is 1. The second-order valence-electron chi connectivity index (χ2n) is 7.62. The number of amides is 1. The van der Waals surface area contributed by atoms with Gasteiger partial charge in [0.2, 0.25) is 0 Å². The molecule has 5 rings (SSSR count). The van der Waals surface area contributed by atoms with Crippen LogP contribution in [-0.2, 0) is 12.2 Å². The van der Waals surface area contributed by atoms with Crippen LogP contribution in [0.25, 0.3) is 10.2 Å². The molecule has 1 amide bonds. The first-order chi connectivity index (χ1) is 16.1. The third-order valence-corrected chi connectivity index (χ3v) is 7.22. The van der Waals surface area contributed by atoms with Crippen LogP contribution in [0.1, 0.15) is 32.4 Å². The van der Waals surface area contributed by atoms with Crippen molar-refractivity contribution in [1.29, 1.82) is 0 Å². The van der Waals surface area contributed by atoms with Gasteiger partial charge in [-0.3, -0.25) is 4.79 Å². The molecule has 164 valence electrons. The van der Waals surface area contributed by atoms with Crippen molar-refractivity contribution in [2.24, 2.45) is 0 Å². The Balaban J connectivity index is 1.24. The quantitative estimate of drug-likeness (QED) is 0.267. The lowest BCUT2D eigenvalue weighted by Crippen LogP contribution is -2.13. The van der Waals surface area contributed by atoms with E-state index in [9.17, 15) is 4.79 Å². The Morgan fingerprint density at radius 2 is 1.82 bits per heavy atom. The number of aromatic nitrogens is 2. The Morgan fingerprint density at radius 1 is 1.03 bits per heavy atom. The highest BCUT2D eigenvalue weighted by molar-refractivity contribution is 7.98. The van der Waals surface area contributed by atoms with E-state index in [2.05, 4.69) is 16.5 Å². The Hall–Kier alpha value is -3.42. The first-order valence-corrected chi connectivity index (χ1v) is 12.3. The summed E-state index contributed by atoms with van der Waals surface area (Å²) in [6.07, 6.45) is 0.772. The summed E-state index contributed by atoms with van der Waals surface area (Å²) in [5.74, 6) is 1.27. The largest absolute Gasteiger partial charge is 0.360 e. The van der Waals surface area contributed by atoms with Crippen molar-refractivity contribution in [3.05, 3.63) is 106 Å². The molecule has 33 heavy (non-hydrogen) atoms. The summed E-state index contributed by atoms with van der Waals surface area (Å²) >= 11 is 3.27. The molecule has 0 aliphatic carbocycles. The minimum atomic E-state index is -0.134. The van der Waals surface area contributed by atoms with E-state index in [-0.39, 0.29) is 5.91 Å². The summed E-state index contributed by atoms with van der Waals surface area (Å²) in [5, 5.41) is 8.01. The van der Waals surface area contributed by atoms with Gasteiger partial charge in [0, 0.05) is 23.1 Å². The molecule has 5 nitrogen and oxygen atoms in total. The first-order valence-electron chi connectivity index (χ1n) is 10.5. The maximum Gasteiger partial charge on any atom is 0.256 e. The summed E-state index contributed by atoms with van der Waals surface area (Å²) in [6, 6.07) is 25.6. The van der Waals surface area contributed by atoms with Crippen molar-refractivity contribution in [1.82, 2.24) is 10.1 Å². The Labute approximate surface area is 199 Å². The number of aryl methyl sites for hydroxylation is 1. The lowest BCUT2D eigenvalue weighted by molar-refractivity contribution is 0.102. The van der Waals surface area contributed by atoms with Crippen molar-refractivity contribution in [3.8, 4) is 0 Å². The van der Waals surface area contributed by atoms with Gasteiger partial charge < -0.3 is 9.84 Å². The number of benzene rings is 3. The van der Waals surface area contributed by atoms with Crippen LogP contribution in [0.4, 0.5) is 5.69 Å². The molecule has 0 aliphatic heterocycles. The molecule has 0 saturated carbocycles. The van der Waals surface area contributed by atoms with Gasteiger partial charge in [0.25, 0.3) is 5.91 Å². The van der Waals surface area contributed by atoms with Crippen LogP contribution < -0.4 is 5.32 Å². The number of hydrogen-bond acceptors (Lipinski definition) is 6. The Morgan fingerprint density at radius 3 is 2.61 bits per heavy atom. The zero-order chi connectivity index (χ0) is 22.6. The van der Waals surface area contributed by atoms with E-state index in [1.54, 1.807) is 23.1 Å². The summed E-state index contributed by atoms with van der Waals surface area (Å²) in [6.45, 7) is 1.89. The van der Waals surface area contributed by atoms with Gasteiger partial charge in [-0.25, -0.2) is 4.98 Å². The van der Waals surface area contributed by atoms with Crippen LogP contribution in [-0.4, -0.2) is 16.0 Å². The molecule has 2 aromatic heterocycles. The normalized spacial score (nSPS) is 11.1. The highest BCUT2D eigenvalue weighted by Crippen LogP contribution is 2.28. The second kappa shape index (κ2) is 9.60. The Kier molecular flexibility index (Phi) is 6.24. The molecule has 0 spiro atoms. The maximum atomic E-state index is 13.0. The molecule has 5 aromatic rings. The van der Waals surface area contributed by atoms with E-state index in [0.717, 1.165) is 44.5 Å². The van der Waals surface area contributed by atoms with Crippen molar-refractivity contribution >= 4 is 44.9 Å². The predicted molar refractivity (Wildman–Crippen MR) is 134 cm³/mol.